The van der Waals surface area contributed by atoms with Gasteiger partial charge >= 0.3 is 0 Å². The molecule has 64 valence electrons. The summed E-state index contributed by atoms with van der Waals surface area (Å²) in [5.74, 6) is 0.542. The van der Waals surface area contributed by atoms with Gasteiger partial charge in [0.1, 0.15) is 0 Å². The molecule has 0 aromatic heterocycles. The molecule has 0 radical (unpaired) electrons. The fraction of sp³-hybridized carbons (Fsp3) is 0.800. The van der Waals surface area contributed by atoms with Gasteiger partial charge in [0.15, 0.2) is 0 Å². The van der Waals surface area contributed by atoms with E-state index in [-0.39, 0.29) is 6.10 Å². The first-order chi connectivity index (χ1) is 5.34. The maximum atomic E-state index is 9.59. The predicted molar refractivity (Wildman–Crippen MR) is 47.4 cm³/mol. The second-order valence-corrected chi connectivity index (χ2v) is 3.41. The van der Waals surface area contributed by atoms with Gasteiger partial charge in [0.25, 0.3) is 0 Å². The average Bonchev–Trinajstić information content (AvgIpc) is 2.07. The first kappa shape index (κ1) is 8.79. The van der Waals surface area contributed by atoms with Gasteiger partial charge < -0.3 is 5.11 Å². The molecule has 0 heterocycles. The first-order valence-electron chi connectivity index (χ1n) is 4.65. The number of rotatable bonds is 2. The van der Waals surface area contributed by atoms with E-state index in [2.05, 4.69) is 0 Å². The second kappa shape index (κ2) is 4.55. The highest BCUT2D eigenvalue weighted by atomic mass is 16.3. The van der Waals surface area contributed by atoms with Crippen molar-refractivity contribution in [1.82, 2.24) is 0 Å². The lowest BCUT2D eigenvalue weighted by Crippen LogP contribution is -2.20. The van der Waals surface area contributed by atoms with Gasteiger partial charge in [0.2, 0.25) is 0 Å². The number of hydrogen-bond acceptors (Lipinski definition) is 1. The summed E-state index contributed by atoms with van der Waals surface area (Å²) in [4.78, 5) is 0. The molecule has 1 atom stereocenters. The number of aliphatic hydroxyl groups is 1. The minimum Gasteiger partial charge on any atom is -0.389 e. The van der Waals surface area contributed by atoms with Gasteiger partial charge in [-0.25, -0.2) is 0 Å². The van der Waals surface area contributed by atoms with Crippen molar-refractivity contribution in [2.75, 3.05) is 0 Å². The molecule has 11 heavy (non-hydrogen) atoms. The fourth-order valence-electron chi connectivity index (χ4n) is 1.83. The quantitative estimate of drug-likeness (QED) is 0.606. The molecule has 0 aromatic carbocycles. The molecule has 0 spiro atoms. The van der Waals surface area contributed by atoms with E-state index in [1.165, 1.54) is 32.1 Å². The van der Waals surface area contributed by atoms with Crippen LogP contribution in [-0.2, 0) is 0 Å². The zero-order chi connectivity index (χ0) is 8.10. The SMILES string of the molecule is C/C=C/[C@H](O)C1CCCCC1. The zero-order valence-corrected chi connectivity index (χ0v) is 7.29. The normalized spacial score (nSPS) is 24.2. The van der Waals surface area contributed by atoms with Crippen LogP contribution in [0.15, 0.2) is 12.2 Å². The Bertz CT molecular complexity index is 123. The van der Waals surface area contributed by atoms with Crippen LogP contribution in [-0.4, -0.2) is 11.2 Å². The molecular weight excluding hydrogens is 136 g/mol. The van der Waals surface area contributed by atoms with Crippen molar-refractivity contribution in [2.24, 2.45) is 5.92 Å². The van der Waals surface area contributed by atoms with E-state index >= 15 is 0 Å². The van der Waals surface area contributed by atoms with Gasteiger partial charge in [-0.3, -0.25) is 0 Å². The van der Waals surface area contributed by atoms with Crippen LogP contribution in [0.3, 0.4) is 0 Å². The summed E-state index contributed by atoms with van der Waals surface area (Å²) in [5.41, 5.74) is 0. The molecule has 0 bridgehead atoms. The Morgan fingerprint density at radius 3 is 2.45 bits per heavy atom. The van der Waals surface area contributed by atoms with Crippen molar-refractivity contribution in [3.05, 3.63) is 12.2 Å². The molecule has 1 rings (SSSR count). The van der Waals surface area contributed by atoms with Crippen LogP contribution in [0.25, 0.3) is 0 Å². The van der Waals surface area contributed by atoms with Crippen LogP contribution in [0.4, 0.5) is 0 Å². The topological polar surface area (TPSA) is 20.2 Å². The maximum absolute atomic E-state index is 9.59. The first-order valence-corrected chi connectivity index (χ1v) is 4.65. The van der Waals surface area contributed by atoms with Crippen LogP contribution in [0.2, 0.25) is 0 Å². The van der Waals surface area contributed by atoms with Crippen molar-refractivity contribution in [1.29, 1.82) is 0 Å². The molecule has 1 heteroatoms. The summed E-state index contributed by atoms with van der Waals surface area (Å²) in [7, 11) is 0. The largest absolute Gasteiger partial charge is 0.389 e. The molecule has 1 nitrogen and oxygen atoms in total. The van der Waals surface area contributed by atoms with Crippen molar-refractivity contribution >= 4 is 0 Å². The molecule has 1 aliphatic carbocycles. The summed E-state index contributed by atoms with van der Waals surface area (Å²) in [6.45, 7) is 1.96. The van der Waals surface area contributed by atoms with Crippen molar-refractivity contribution in [3.8, 4) is 0 Å². The van der Waals surface area contributed by atoms with Crippen LogP contribution < -0.4 is 0 Å². The van der Waals surface area contributed by atoms with Gasteiger partial charge in [-0.1, -0.05) is 31.4 Å². The summed E-state index contributed by atoms with van der Waals surface area (Å²) in [6, 6.07) is 0. The van der Waals surface area contributed by atoms with Crippen LogP contribution in [0, 0.1) is 5.92 Å². The third-order valence-electron chi connectivity index (χ3n) is 2.52. The van der Waals surface area contributed by atoms with Crippen LogP contribution in [0.1, 0.15) is 39.0 Å². The lowest BCUT2D eigenvalue weighted by atomic mass is 9.85. The summed E-state index contributed by atoms with van der Waals surface area (Å²) >= 11 is 0. The monoisotopic (exact) mass is 154 g/mol. The standard InChI is InChI=1S/C10H18O/c1-2-6-10(11)9-7-4-3-5-8-9/h2,6,9-11H,3-5,7-8H2,1H3/b6-2+/t10-/m0/s1. The molecule has 1 N–H and O–H groups in total. The van der Waals surface area contributed by atoms with Gasteiger partial charge in [-0.15, -0.1) is 0 Å². The highest BCUT2D eigenvalue weighted by Gasteiger charge is 2.18. The Morgan fingerprint density at radius 1 is 1.27 bits per heavy atom. The smallest absolute Gasteiger partial charge is 0.0748 e. The summed E-state index contributed by atoms with van der Waals surface area (Å²) < 4.78 is 0. The molecular formula is C10H18O. The van der Waals surface area contributed by atoms with Crippen LogP contribution >= 0.6 is 0 Å². The van der Waals surface area contributed by atoms with Gasteiger partial charge in [0, 0.05) is 0 Å². The van der Waals surface area contributed by atoms with E-state index < -0.39 is 0 Å². The highest BCUT2D eigenvalue weighted by molar-refractivity contribution is 4.90. The van der Waals surface area contributed by atoms with Crippen molar-refractivity contribution < 1.29 is 5.11 Å². The third-order valence-corrected chi connectivity index (χ3v) is 2.52. The average molecular weight is 154 g/mol. The van der Waals surface area contributed by atoms with E-state index in [4.69, 9.17) is 0 Å². The summed E-state index contributed by atoms with van der Waals surface area (Å²) in [6.07, 6.45) is 10.1. The molecule has 0 amide bonds. The lowest BCUT2D eigenvalue weighted by Gasteiger charge is -2.24. The fourth-order valence-corrected chi connectivity index (χ4v) is 1.83. The lowest BCUT2D eigenvalue weighted by molar-refractivity contribution is 0.125. The van der Waals surface area contributed by atoms with Gasteiger partial charge in [-0.05, 0) is 25.7 Å². The number of hydrogen-bond donors (Lipinski definition) is 1. The van der Waals surface area contributed by atoms with Crippen molar-refractivity contribution in [3.63, 3.8) is 0 Å². The molecule has 1 fully saturated rings. The second-order valence-electron chi connectivity index (χ2n) is 3.41. The maximum Gasteiger partial charge on any atom is 0.0748 e. The third kappa shape index (κ3) is 2.66. The number of allylic oxidation sites excluding steroid dienone is 1. The molecule has 0 aromatic rings. The molecule has 1 aliphatic rings. The predicted octanol–water partition coefficient (Wildman–Crippen LogP) is 2.50. The Morgan fingerprint density at radius 2 is 1.91 bits per heavy atom. The van der Waals surface area contributed by atoms with E-state index in [0.29, 0.717) is 5.92 Å². The highest BCUT2D eigenvalue weighted by Crippen LogP contribution is 2.26. The zero-order valence-electron chi connectivity index (χ0n) is 7.29. The molecule has 0 saturated heterocycles. The van der Waals surface area contributed by atoms with Gasteiger partial charge in [-0.2, -0.15) is 0 Å². The van der Waals surface area contributed by atoms with Gasteiger partial charge in [0.05, 0.1) is 6.10 Å². The van der Waals surface area contributed by atoms with Crippen LogP contribution in [0.5, 0.6) is 0 Å². The number of aliphatic hydroxyl groups excluding tert-OH is 1. The minimum atomic E-state index is -0.180. The molecule has 1 saturated carbocycles. The minimum absolute atomic E-state index is 0.180. The Balaban J connectivity index is 2.32. The van der Waals surface area contributed by atoms with Crippen molar-refractivity contribution in [2.45, 2.75) is 45.1 Å². The Hall–Kier alpha value is -0.300. The molecule has 0 aliphatic heterocycles. The van der Waals surface area contributed by atoms with E-state index in [1.807, 2.05) is 19.1 Å². The van der Waals surface area contributed by atoms with E-state index in [9.17, 15) is 5.11 Å². The Labute approximate surface area is 69.1 Å². The molecule has 0 unspecified atom stereocenters. The Kier molecular flexibility index (Phi) is 3.64. The van der Waals surface area contributed by atoms with E-state index in [0.717, 1.165) is 0 Å². The van der Waals surface area contributed by atoms with E-state index in [1.54, 1.807) is 0 Å². The summed E-state index contributed by atoms with van der Waals surface area (Å²) in [5, 5.41) is 9.59.